The second-order valence-electron chi connectivity index (χ2n) is 3.54. The molecule has 0 aliphatic heterocycles. The summed E-state index contributed by atoms with van der Waals surface area (Å²) in [6.07, 6.45) is 0.520. The molecule has 5 nitrogen and oxygen atoms in total. The molecule has 0 aromatic carbocycles. The predicted octanol–water partition coefficient (Wildman–Crippen LogP) is 1.99. The van der Waals surface area contributed by atoms with Crippen molar-refractivity contribution in [2.75, 3.05) is 17.6 Å². The minimum atomic E-state index is -3.39. The summed E-state index contributed by atoms with van der Waals surface area (Å²) in [5, 5.41) is 1.72. The number of esters is 1. The number of nitrogens with one attached hydrogen (secondary N) is 1. The van der Waals surface area contributed by atoms with E-state index in [1.54, 1.807) is 19.2 Å². The average molecular weight is 277 g/mol. The Morgan fingerprint density at radius 2 is 2.18 bits per heavy atom. The molecular weight excluding hydrogens is 262 g/mol. The monoisotopic (exact) mass is 277 g/mol. The summed E-state index contributed by atoms with van der Waals surface area (Å²) in [5.74, 6) is -0.500. The van der Waals surface area contributed by atoms with Gasteiger partial charge in [0.25, 0.3) is 0 Å². The molecule has 0 fully saturated rings. The molecule has 0 radical (unpaired) electrons. The number of hydrogen-bond acceptors (Lipinski definition) is 5. The lowest BCUT2D eigenvalue weighted by Crippen LogP contribution is -2.18. The number of methoxy groups -OCH3 is 1. The van der Waals surface area contributed by atoms with Gasteiger partial charge in [0.2, 0.25) is 10.0 Å². The van der Waals surface area contributed by atoms with Crippen molar-refractivity contribution in [3.8, 4) is 0 Å². The third-order valence-corrected chi connectivity index (χ3v) is 4.61. The van der Waals surface area contributed by atoms with Crippen LogP contribution in [0.3, 0.4) is 0 Å². The van der Waals surface area contributed by atoms with Crippen LogP contribution in [0.5, 0.6) is 0 Å². The van der Waals surface area contributed by atoms with E-state index in [-0.39, 0.29) is 10.6 Å². The van der Waals surface area contributed by atoms with Crippen LogP contribution in [0, 0.1) is 6.92 Å². The zero-order valence-corrected chi connectivity index (χ0v) is 11.6. The third-order valence-electron chi connectivity index (χ3n) is 2.08. The van der Waals surface area contributed by atoms with Gasteiger partial charge in [0, 0.05) is 0 Å². The van der Waals surface area contributed by atoms with E-state index in [0.717, 1.165) is 5.56 Å². The lowest BCUT2D eigenvalue weighted by molar-refractivity contribution is 0.0607. The third kappa shape index (κ3) is 3.44. The van der Waals surface area contributed by atoms with E-state index in [0.29, 0.717) is 12.1 Å². The number of anilines is 1. The van der Waals surface area contributed by atoms with Crippen molar-refractivity contribution in [1.82, 2.24) is 0 Å². The molecule has 96 valence electrons. The molecule has 1 aromatic rings. The first-order valence-corrected chi connectivity index (χ1v) is 7.61. The summed E-state index contributed by atoms with van der Waals surface area (Å²) in [5.41, 5.74) is 1.05. The Bertz CT molecular complexity index is 504. The van der Waals surface area contributed by atoms with E-state index in [4.69, 9.17) is 0 Å². The zero-order chi connectivity index (χ0) is 13.1. The van der Waals surface area contributed by atoms with Gasteiger partial charge in [-0.2, -0.15) is 0 Å². The fraction of sp³-hybridized carbons (Fsp3) is 0.500. The lowest BCUT2D eigenvalue weighted by Gasteiger charge is -2.08. The SMILES string of the molecule is CCCS(=O)(=O)Nc1c(C)csc1C(=O)OC. The Kier molecular flexibility index (Phi) is 4.53. The standard InChI is InChI=1S/C10H15NO4S2/c1-4-5-17(13,14)11-8-7(2)6-16-9(8)10(12)15-3/h6,11H,4-5H2,1-3H3. The average Bonchev–Trinajstić information content (AvgIpc) is 2.59. The molecule has 0 atom stereocenters. The molecule has 0 saturated heterocycles. The maximum absolute atomic E-state index is 11.7. The summed E-state index contributed by atoms with van der Waals surface area (Å²) in [6, 6.07) is 0. The van der Waals surface area contributed by atoms with Gasteiger partial charge in [-0.1, -0.05) is 6.92 Å². The molecule has 1 heterocycles. The summed E-state index contributed by atoms with van der Waals surface area (Å²) < 4.78 is 30.3. The number of hydrogen-bond donors (Lipinski definition) is 1. The molecule has 0 aliphatic rings. The number of carbonyl (C=O) groups is 1. The molecule has 0 aliphatic carbocycles. The highest BCUT2D eigenvalue weighted by molar-refractivity contribution is 7.92. The van der Waals surface area contributed by atoms with Crippen LogP contribution in [0.4, 0.5) is 5.69 Å². The van der Waals surface area contributed by atoms with E-state index < -0.39 is 16.0 Å². The lowest BCUT2D eigenvalue weighted by atomic mass is 10.3. The highest BCUT2D eigenvalue weighted by atomic mass is 32.2. The predicted molar refractivity (Wildman–Crippen MR) is 68.1 cm³/mol. The summed E-state index contributed by atoms with van der Waals surface area (Å²) >= 11 is 1.17. The number of aryl methyl sites for hydroxylation is 1. The normalized spacial score (nSPS) is 11.2. The van der Waals surface area contributed by atoms with E-state index in [1.807, 2.05) is 0 Å². The Morgan fingerprint density at radius 3 is 2.71 bits per heavy atom. The Hall–Kier alpha value is -1.08. The number of carbonyl (C=O) groups excluding carboxylic acids is 1. The fourth-order valence-electron chi connectivity index (χ4n) is 1.29. The van der Waals surface area contributed by atoms with E-state index >= 15 is 0 Å². The highest BCUT2D eigenvalue weighted by Gasteiger charge is 2.20. The van der Waals surface area contributed by atoms with Crippen LogP contribution in [-0.4, -0.2) is 27.2 Å². The van der Waals surface area contributed by atoms with E-state index in [9.17, 15) is 13.2 Å². The molecule has 7 heteroatoms. The van der Waals surface area contributed by atoms with Crippen LogP contribution in [0.2, 0.25) is 0 Å². The van der Waals surface area contributed by atoms with Crippen molar-refractivity contribution >= 4 is 33.0 Å². The van der Waals surface area contributed by atoms with Crippen LogP contribution in [0.25, 0.3) is 0 Å². The highest BCUT2D eigenvalue weighted by Crippen LogP contribution is 2.29. The Labute approximate surface area is 105 Å². The van der Waals surface area contributed by atoms with Gasteiger partial charge in [0.15, 0.2) is 0 Å². The zero-order valence-electron chi connectivity index (χ0n) is 9.94. The Morgan fingerprint density at radius 1 is 1.53 bits per heavy atom. The number of rotatable bonds is 5. The summed E-state index contributed by atoms with van der Waals surface area (Å²) in [6.45, 7) is 3.52. The molecule has 0 saturated carbocycles. The van der Waals surface area contributed by atoms with Gasteiger partial charge in [0.05, 0.1) is 18.6 Å². The minimum absolute atomic E-state index is 0.0307. The quantitative estimate of drug-likeness (QED) is 0.835. The van der Waals surface area contributed by atoms with Gasteiger partial charge in [-0.15, -0.1) is 11.3 Å². The first-order chi connectivity index (χ1) is 7.91. The molecule has 1 N–H and O–H groups in total. The van der Waals surface area contributed by atoms with Crippen LogP contribution in [0.1, 0.15) is 28.6 Å². The van der Waals surface area contributed by atoms with Crippen molar-refractivity contribution in [3.63, 3.8) is 0 Å². The largest absolute Gasteiger partial charge is 0.465 e. The maximum atomic E-state index is 11.7. The molecule has 0 bridgehead atoms. The van der Waals surface area contributed by atoms with Gasteiger partial charge in [0.1, 0.15) is 4.88 Å². The summed E-state index contributed by atoms with van der Waals surface area (Å²) in [7, 11) is -2.13. The first-order valence-electron chi connectivity index (χ1n) is 5.08. The summed E-state index contributed by atoms with van der Waals surface area (Å²) in [4.78, 5) is 11.7. The van der Waals surface area contributed by atoms with Gasteiger partial charge < -0.3 is 4.74 Å². The molecule has 17 heavy (non-hydrogen) atoms. The second kappa shape index (κ2) is 5.50. The van der Waals surface area contributed by atoms with Gasteiger partial charge >= 0.3 is 5.97 Å². The van der Waals surface area contributed by atoms with Crippen molar-refractivity contribution < 1.29 is 17.9 Å². The minimum Gasteiger partial charge on any atom is -0.465 e. The molecular formula is C10H15NO4S2. The number of ether oxygens (including phenoxy) is 1. The van der Waals surface area contributed by atoms with E-state index in [2.05, 4.69) is 9.46 Å². The van der Waals surface area contributed by atoms with E-state index in [1.165, 1.54) is 18.4 Å². The molecule has 1 aromatic heterocycles. The maximum Gasteiger partial charge on any atom is 0.350 e. The van der Waals surface area contributed by atoms with Crippen LogP contribution < -0.4 is 4.72 Å². The number of sulfonamides is 1. The van der Waals surface area contributed by atoms with Crippen molar-refractivity contribution in [1.29, 1.82) is 0 Å². The number of thiophene rings is 1. The molecule has 0 unspecified atom stereocenters. The topological polar surface area (TPSA) is 72.5 Å². The van der Waals surface area contributed by atoms with Crippen molar-refractivity contribution in [3.05, 3.63) is 15.8 Å². The van der Waals surface area contributed by atoms with Gasteiger partial charge in [-0.05, 0) is 24.3 Å². The first kappa shape index (κ1) is 14.0. The smallest absolute Gasteiger partial charge is 0.350 e. The van der Waals surface area contributed by atoms with Crippen molar-refractivity contribution in [2.24, 2.45) is 0 Å². The second-order valence-corrected chi connectivity index (χ2v) is 6.26. The van der Waals surface area contributed by atoms with Gasteiger partial charge in [-0.25, -0.2) is 13.2 Å². The van der Waals surface area contributed by atoms with Crippen molar-refractivity contribution in [2.45, 2.75) is 20.3 Å². The van der Waals surface area contributed by atoms with Crippen LogP contribution in [0.15, 0.2) is 5.38 Å². The van der Waals surface area contributed by atoms with Crippen LogP contribution >= 0.6 is 11.3 Å². The molecule has 0 amide bonds. The molecule has 0 spiro atoms. The molecule has 1 rings (SSSR count). The fourth-order valence-corrected chi connectivity index (χ4v) is 3.49. The Balaban J connectivity index is 3.06. The van der Waals surface area contributed by atoms with Crippen LogP contribution in [-0.2, 0) is 14.8 Å². The van der Waals surface area contributed by atoms with Gasteiger partial charge in [-0.3, -0.25) is 4.72 Å².